The molecule has 0 radical (unpaired) electrons. The number of anilines is 1. The summed E-state index contributed by atoms with van der Waals surface area (Å²) in [6.07, 6.45) is 0. The average Bonchev–Trinajstić information content (AvgIpc) is 3.05. The Bertz CT molecular complexity index is 825. The van der Waals surface area contributed by atoms with Gasteiger partial charge in [-0.2, -0.15) is 4.98 Å². The number of methoxy groups -OCH3 is 2. The molecule has 1 atom stereocenters. The first-order valence-electron chi connectivity index (χ1n) is 7.98. The van der Waals surface area contributed by atoms with Crippen LogP contribution >= 0.6 is 0 Å². The van der Waals surface area contributed by atoms with E-state index in [-0.39, 0.29) is 0 Å². The van der Waals surface area contributed by atoms with Gasteiger partial charge in [0.2, 0.25) is 0 Å². The van der Waals surface area contributed by atoms with Gasteiger partial charge in [0.15, 0.2) is 11.5 Å². The largest absolute Gasteiger partial charge is 0.609 e. The maximum absolute atomic E-state index is 12.8. The Morgan fingerprint density at radius 1 is 1.16 bits per heavy atom. The summed E-state index contributed by atoms with van der Waals surface area (Å²) in [5, 5.41) is 3.73. The maximum atomic E-state index is 12.8. The number of aromatic amines is 1. The number of aromatic nitrogens is 2. The van der Waals surface area contributed by atoms with Crippen LogP contribution in [0.25, 0.3) is 11.0 Å². The fourth-order valence-corrected chi connectivity index (χ4v) is 3.73. The van der Waals surface area contributed by atoms with Gasteiger partial charge >= 0.3 is 5.16 Å². The van der Waals surface area contributed by atoms with E-state index in [1.54, 1.807) is 26.4 Å². The average molecular weight is 359 g/mol. The molecule has 2 N–H and O–H groups in total. The highest BCUT2D eigenvalue weighted by Gasteiger charge is 2.20. The molecular weight excluding hydrogens is 338 g/mol. The summed E-state index contributed by atoms with van der Waals surface area (Å²) in [6.45, 7) is 2.85. The predicted molar refractivity (Wildman–Crippen MR) is 99.9 cm³/mol. The number of ether oxygens (including phenoxy) is 2. The van der Waals surface area contributed by atoms with E-state index in [2.05, 4.69) is 15.3 Å². The highest BCUT2D eigenvalue weighted by Crippen LogP contribution is 2.32. The number of rotatable bonds is 7. The number of fused-ring (bicyclic) bond motifs is 1. The lowest BCUT2D eigenvalue weighted by Gasteiger charge is -2.12. The van der Waals surface area contributed by atoms with E-state index in [0.717, 1.165) is 23.3 Å². The third-order valence-corrected chi connectivity index (χ3v) is 5.05. The molecule has 1 aromatic heterocycles. The standard InChI is InChI=1S/C18H21N3O3S/c1-4-19-13-8-6-5-7-12(13)11-25(22)18-20-14-9-16(23-2)17(24-3)10-15(14)21-18/h5-10,19H,4,11H2,1-3H3,(H,20,21). The van der Waals surface area contributed by atoms with Crippen molar-refractivity contribution in [2.75, 3.05) is 26.1 Å². The Labute approximate surface area is 149 Å². The van der Waals surface area contributed by atoms with Crippen molar-refractivity contribution in [3.63, 3.8) is 0 Å². The van der Waals surface area contributed by atoms with Gasteiger partial charge in [0.1, 0.15) is 5.75 Å². The summed E-state index contributed by atoms with van der Waals surface area (Å²) in [5.41, 5.74) is 3.46. The number of hydrogen-bond donors (Lipinski definition) is 2. The summed E-state index contributed by atoms with van der Waals surface area (Å²) in [4.78, 5) is 7.58. The zero-order valence-electron chi connectivity index (χ0n) is 14.5. The Hall–Kier alpha value is -2.38. The van der Waals surface area contributed by atoms with Crippen molar-refractivity contribution < 1.29 is 14.0 Å². The van der Waals surface area contributed by atoms with Crippen molar-refractivity contribution >= 4 is 27.9 Å². The molecule has 3 rings (SSSR count). The first-order valence-corrected chi connectivity index (χ1v) is 9.30. The SMILES string of the molecule is CCNc1ccccc1C[S+]([O-])c1nc2cc(OC)c(OC)cc2[nH]1. The lowest BCUT2D eigenvalue weighted by atomic mass is 10.2. The van der Waals surface area contributed by atoms with Gasteiger partial charge in [-0.05, 0) is 13.0 Å². The Morgan fingerprint density at radius 3 is 2.60 bits per heavy atom. The van der Waals surface area contributed by atoms with Gasteiger partial charge in [0.05, 0.1) is 25.3 Å². The van der Waals surface area contributed by atoms with E-state index in [1.807, 2.05) is 31.2 Å². The number of imidazole rings is 1. The molecule has 0 aliphatic rings. The molecule has 1 heterocycles. The van der Waals surface area contributed by atoms with Crippen LogP contribution in [0, 0.1) is 0 Å². The number of nitrogens with one attached hydrogen (secondary N) is 2. The smallest absolute Gasteiger partial charge is 0.321 e. The van der Waals surface area contributed by atoms with Crippen LogP contribution in [0.3, 0.4) is 0 Å². The Balaban J connectivity index is 1.88. The quantitative estimate of drug-likeness (QED) is 0.633. The normalized spacial score (nSPS) is 12.2. The van der Waals surface area contributed by atoms with Crippen LogP contribution < -0.4 is 14.8 Å². The molecule has 0 saturated carbocycles. The van der Waals surface area contributed by atoms with Gasteiger partial charge in [-0.15, -0.1) is 0 Å². The first-order chi connectivity index (χ1) is 12.2. The zero-order chi connectivity index (χ0) is 17.8. The summed E-state index contributed by atoms with van der Waals surface area (Å²) in [5.74, 6) is 1.59. The van der Waals surface area contributed by atoms with E-state index in [9.17, 15) is 4.55 Å². The summed E-state index contributed by atoms with van der Waals surface area (Å²) >= 11 is -1.29. The second-order valence-electron chi connectivity index (χ2n) is 5.44. The summed E-state index contributed by atoms with van der Waals surface area (Å²) in [6, 6.07) is 11.5. The Kier molecular flexibility index (Phi) is 5.35. The molecule has 25 heavy (non-hydrogen) atoms. The highest BCUT2D eigenvalue weighted by molar-refractivity contribution is 7.90. The number of H-pyrrole nitrogens is 1. The maximum Gasteiger partial charge on any atom is 0.321 e. The van der Waals surface area contributed by atoms with E-state index in [1.165, 1.54) is 0 Å². The van der Waals surface area contributed by atoms with Crippen molar-refractivity contribution in [1.82, 2.24) is 9.97 Å². The molecule has 132 valence electrons. The second kappa shape index (κ2) is 7.67. The number of para-hydroxylation sites is 1. The molecule has 0 aliphatic carbocycles. The molecule has 2 aromatic carbocycles. The molecular formula is C18H21N3O3S. The number of hydrogen-bond acceptors (Lipinski definition) is 5. The minimum absolute atomic E-state index is 0.386. The zero-order valence-corrected chi connectivity index (χ0v) is 15.3. The molecule has 1 unspecified atom stereocenters. The summed E-state index contributed by atoms with van der Waals surface area (Å²) in [7, 11) is 3.16. The Morgan fingerprint density at radius 2 is 1.88 bits per heavy atom. The topological polar surface area (TPSA) is 82.2 Å². The predicted octanol–water partition coefficient (Wildman–Crippen LogP) is 3.32. The van der Waals surface area contributed by atoms with E-state index in [4.69, 9.17) is 9.47 Å². The molecule has 3 aromatic rings. The third kappa shape index (κ3) is 3.67. The van der Waals surface area contributed by atoms with Gasteiger partial charge in [-0.1, -0.05) is 18.2 Å². The summed E-state index contributed by atoms with van der Waals surface area (Å²) < 4.78 is 23.4. The van der Waals surface area contributed by atoms with Gasteiger partial charge < -0.3 is 19.3 Å². The van der Waals surface area contributed by atoms with Gasteiger partial charge in [0.25, 0.3) is 0 Å². The molecule has 0 bridgehead atoms. The first kappa shape index (κ1) is 17.4. The van der Waals surface area contributed by atoms with Crippen molar-refractivity contribution in [2.24, 2.45) is 0 Å². The lowest BCUT2D eigenvalue weighted by molar-refractivity contribution is 0.356. The third-order valence-electron chi connectivity index (χ3n) is 3.85. The van der Waals surface area contributed by atoms with Crippen molar-refractivity contribution in [3.8, 4) is 11.5 Å². The second-order valence-corrected chi connectivity index (χ2v) is 6.81. The number of nitrogens with zero attached hydrogens (tertiary/aromatic N) is 1. The van der Waals surface area contributed by atoms with Gasteiger partial charge in [-0.3, -0.25) is 4.98 Å². The molecule has 6 nitrogen and oxygen atoms in total. The van der Waals surface area contributed by atoms with E-state index < -0.39 is 11.2 Å². The molecule has 0 fully saturated rings. The number of benzene rings is 2. The molecule has 0 spiro atoms. The molecule has 0 saturated heterocycles. The minimum atomic E-state index is -1.29. The molecule has 0 amide bonds. The van der Waals surface area contributed by atoms with Crippen LogP contribution in [0.5, 0.6) is 11.5 Å². The lowest BCUT2D eigenvalue weighted by Crippen LogP contribution is -2.09. The van der Waals surface area contributed by atoms with Crippen molar-refractivity contribution in [2.45, 2.75) is 17.8 Å². The minimum Gasteiger partial charge on any atom is -0.609 e. The monoisotopic (exact) mass is 359 g/mol. The van der Waals surface area contributed by atoms with Gasteiger partial charge in [0, 0.05) is 41.1 Å². The van der Waals surface area contributed by atoms with E-state index in [0.29, 0.717) is 27.9 Å². The molecule has 7 heteroatoms. The van der Waals surface area contributed by atoms with Crippen molar-refractivity contribution in [3.05, 3.63) is 42.0 Å². The van der Waals surface area contributed by atoms with Crippen LogP contribution in [0.1, 0.15) is 12.5 Å². The molecule has 0 aliphatic heterocycles. The fourth-order valence-electron chi connectivity index (χ4n) is 2.64. The van der Waals surface area contributed by atoms with Crippen LogP contribution in [0.15, 0.2) is 41.6 Å². The highest BCUT2D eigenvalue weighted by atomic mass is 32.2. The fraction of sp³-hybridized carbons (Fsp3) is 0.278. The van der Waals surface area contributed by atoms with Gasteiger partial charge in [-0.25, -0.2) is 0 Å². The van der Waals surface area contributed by atoms with Crippen molar-refractivity contribution in [1.29, 1.82) is 0 Å². The van der Waals surface area contributed by atoms with Crippen LogP contribution in [0.2, 0.25) is 0 Å². The van der Waals surface area contributed by atoms with Crippen LogP contribution in [-0.2, 0) is 16.9 Å². The van der Waals surface area contributed by atoms with Crippen LogP contribution in [-0.4, -0.2) is 35.3 Å². The van der Waals surface area contributed by atoms with Crippen LogP contribution in [0.4, 0.5) is 5.69 Å². The van der Waals surface area contributed by atoms with E-state index >= 15 is 0 Å².